The molecule has 1 rings (SSSR count). The third-order valence-corrected chi connectivity index (χ3v) is 5.54. The molecule has 1 atom stereocenters. The maximum absolute atomic E-state index is 7.19. The van der Waals surface area contributed by atoms with E-state index >= 15 is 0 Å². The van der Waals surface area contributed by atoms with E-state index < -0.39 is 12.4 Å². The first-order valence-electron chi connectivity index (χ1n) is 3.93. The van der Waals surface area contributed by atoms with Gasteiger partial charge >= 0.3 is 81.3 Å². The van der Waals surface area contributed by atoms with E-state index in [0.29, 0.717) is 0 Å². The van der Waals surface area contributed by atoms with Crippen molar-refractivity contribution in [3.63, 3.8) is 0 Å². The molecule has 2 nitrogen and oxygen atoms in total. The zero-order valence-corrected chi connectivity index (χ0v) is 8.81. The van der Waals surface area contributed by atoms with Crippen LogP contribution in [0.25, 0.3) is 0 Å². The number of nitrogens with one attached hydrogen (secondary N) is 2. The summed E-state index contributed by atoms with van der Waals surface area (Å²) in [5.74, 6) is 2.24. The molecule has 1 aromatic heterocycles. The zero-order valence-electron chi connectivity index (χ0n) is 7.82. The average Bonchev–Trinajstić information content (AvgIpc) is 2.57. The van der Waals surface area contributed by atoms with Gasteiger partial charge in [-0.1, -0.05) is 0 Å². The van der Waals surface area contributed by atoms with Crippen molar-refractivity contribution in [2.75, 3.05) is 0 Å². The minimum absolute atomic E-state index is 0.843. The molecular weight excluding hydrogens is 207 g/mol. The van der Waals surface area contributed by atoms with Crippen LogP contribution in [0.1, 0.15) is 0 Å². The Hall–Kier alpha value is -0.816. The quantitative estimate of drug-likeness (QED) is 0.437. The Bertz CT molecular complexity index is 267. The second-order valence-corrected chi connectivity index (χ2v) is 7.14. The fourth-order valence-corrected chi connectivity index (χ4v) is 3.66. The van der Waals surface area contributed by atoms with Gasteiger partial charge in [0.05, 0.1) is 0 Å². The Kier molecular flexibility index (Phi) is 3.50. The Morgan fingerprint density at radius 3 is 2.85 bits per heavy atom. The van der Waals surface area contributed by atoms with Gasteiger partial charge in [0.1, 0.15) is 0 Å². The van der Waals surface area contributed by atoms with Crippen molar-refractivity contribution in [1.29, 1.82) is 5.41 Å². The second kappa shape index (κ2) is 4.43. The van der Waals surface area contributed by atoms with Gasteiger partial charge in [0.2, 0.25) is 0 Å². The van der Waals surface area contributed by atoms with Crippen LogP contribution in [0.15, 0.2) is 31.0 Å². The normalized spacial score (nSPS) is 17.3. The van der Waals surface area contributed by atoms with Crippen LogP contribution in [0.3, 0.4) is 0 Å². The standard InChI is InChI=1S/C4H4N.C3H5.C2H4N.CH3.Ni/c1-2-4-5-3-1;1-3-2;1-2-3;;/h1-3,5H;3H,1-2H2;2-3H,1H2;1H3;. The molecule has 1 heterocycles. The summed E-state index contributed by atoms with van der Waals surface area (Å²) in [6.45, 7) is 3.77. The summed E-state index contributed by atoms with van der Waals surface area (Å²) in [4.78, 5) is 3.24. The van der Waals surface area contributed by atoms with E-state index in [1.54, 1.807) is 0 Å². The van der Waals surface area contributed by atoms with Crippen LogP contribution < -0.4 is 4.66 Å². The summed E-state index contributed by atoms with van der Waals surface area (Å²) >= 11 is -1.00. The molecule has 0 aliphatic carbocycles. The maximum atomic E-state index is 7.19. The summed E-state index contributed by atoms with van der Waals surface area (Å²) in [6, 6.07) is 4.11. The molecule has 1 unspecified atom stereocenters. The van der Waals surface area contributed by atoms with Crippen molar-refractivity contribution in [2.45, 2.75) is 16.7 Å². The third-order valence-electron chi connectivity index (χ3n) is 1.68. The Labute approximate surface area is 81.7 Å². The zero-order chi connectivity index (χ0) is 9.73. The van der Waals surface area contributed by atoms with Gasteiger partial charge in [-0.25, -0.2) is 0 Å². The number of allylic oxidation sites excluding steroid dienone is 1. The first kappa shape index (κ1) is 10.3. The summed E-state index contributed by atoms with van der Waals surface area (Å²) < 4.78 is 1.27. The Morgan fingerprint density at radius 1 is 1.62 bits per heavy atom. The minimum atomic E-state index is -1.00. The first-order chi connectivity index (χ1) is 6.23. The van der Waals surface area contributed by atoms with Gasteiger partial charge in [-0.15, -0.1) is 0 Å². The van der Waals surface area contributed by atoms with E-state index in [0.717, 1.165) is 10.8 Å². The van der Waals surface area contributed by atoms with E-state index in [2.05, 4.69) is 23.5 Å². The molecule has 0 bridgehead atoms. The predicted octanol–water partition coefficient (Wildman–Crippen LogP) is 2.51. The Morgan fingerprint density at radius 2 is 2.38 bits per heavy atom. The molecule has 0 saturated heterocycles. The molecule has 0 spiro atoms. The number of H-pyrrole nitrogens is 1. The van der Waals surface area contributed by atoms with Crippen molar-refractivity contribution in [1.82, 2.24) is 4.98 Å². The van der Waals surface area contributed by atoms with Crippen LogP contribution in [0.2, 0.25) is 16.7 Å². The van der Waals surface area contributed by atoms with Crippen molar-refractivity contribution in [2.24, 2.45) is 0 Å². The summed E-state index contributed by atoms with van der Waals surface area (Å²) in [7, 11) is 0. The van der Waals surface area contributed by atoms with Crippen LogP contribution in [0, 0.1) is 5.41 Å². The van der Waals surface area contributed by atoms with Crippen molar-refractivity contribution in [3.8, 4) is 0 Å². The van der Waals surface area contributed by atoms with Gasteiger partial charge in [0, 0.05) is 0 Å². The van der Waals surface area contributed by atoms with Crippen LogP contribution in [-0.4, -0.2) is 11.2 Å². The van der Waals surface area contributed by atoms with Gasteiger partial charge in [-0.05, 0) is 0 Å². The van der Waals surface area contributed by atoms with Crippen LogP contribution in [-0.2, 0) is 12.4 Å². The topological polar surface area (TPSA) is 39.6 Å². The summed E-state index contributed by atoms with van der Waals surface area (Å²) in [5.41, 5.74) is 0. The number of hydrogen-bond donors (Lipinski definition) is 2. The van der Waals surface area contributed by atoms with Gasteiger partial charge in [-0.3, -0.25) is 0 Å². The molecule has 0 aliphatic rings. The number of aromatic nitrogens is 1. The van der Waals surface area contributed by atoms with Gasteiger partial charge in [0.25, 0.3) is 0 Å². The van der Waals surface area contributed by atoms with Gasteiger partial charge in [-0.2, -0.15) is 0 Å². The molecule has 0 aromatic carbocycles. The summed E-state index contributed by atoms with van der Waals surface area (Å²) in [6.07, 6.45) is 5.39. The van der Waals surface area contributed by atoms with Gasteiger partial charge < -0.3 is 0 Å². The molecule has 0 amide bonds. The fourth-order valence-electron chi connectivity index (χ4n) is 1.07. The van der Waals surface area contributed by atoms with Crippen molar-refractivity contribution < 1.29 is 12.4 Å². The van der Waals surface area contributed by atoms with E-state index in [4.69, 9.17) is 5.41 Å². The Balaban J connectivity index is 2.89. The molecule has 0 fully saturated rings. The third kappa shape index (κ3) is 2.32. The van der Waals surface area contributed by atoms with E-state index in [1.165, 1.54) is 10.9 Å². The molecule has 1 aromatic rings. The molecule has 0 saturated carbocycles. The fraction of sp³-hybridized carbons (Fsp3) is 0.300. The molecule has 3 heteroatoms. The monoisotopic (exact) mass is 222 g/mol. The van der Waals surface area contributed by atoms with Crippen LogP contribution in [0.4, 0.5) is 0 Å². The molecule has 2 N–H and O–H groups in total. The molecule has 0 radical (unpaired) electrons. The second-order valence-electron chi connectivity index (χ2n) is 2.72. The van der Waals surface area contributed by atoms with Crippen molar-refractivity contribution >= 4 is 10.9 Å². The van der Waals surface area contributed by atoms with E-state index in [1.807, 2.05) is 18.3 Å². The average molecular weight is 223 g/mol. The SMILES string of the molecule is C=C[CH2][Ni]([CH3])([CH2]C=N)[c]1ccc[nH]1. The summed E-state index contributed by atoms with van der Waals surface area (Å²) in [5, 5.41) is 9.02. The first-order valence-corrected chi connectivity index (χ1v) is 6.81. The predicted molar refractivity (Wildman–Crippen MR) is 54.9 cm³/mol. The van der Waals surface area contributed by atoms with Crippen molar-refractivity contribution in [3.05, 3.63) is 31.0 Å². The molecule has 0 aliphatic heterocycles. The van der Waals surface area contributed by atoms with Crippen LogP contribution in [0.5, 0.6) is 0 Å². The number of aromatic amines is 1. The molecular formula is C10H16N2Ni. The molecule has 13 heavy (non-hydrogen) atoms. The van der Waals surface area contributed by atoms with Crippen LogP contribution >= 0.6 is 0 Å². The molecule has 76 valence electrons. The number of rotatable bonds is 5. The number of hydrogen-bond acceptors (Lipinski definition) is 1. The van der Waals surface area contributed by atoms with E-state index in [9.17, 15) is 0 Å². The van der Waals surface area contributed by atoms with Gasteiger partial charge in [0.15, 0.2) is 0 Å². The van der Waals surface area contributed by atoms with E-state index in [-0.39, 0.29) is 0 Å².